The normalized spacial score (nSPS) is 26.5. The first-order valence-electron chi connectivity index (χ1n) is 7.46. The molecule has 1 heterocycles. The Morgan fingerprint density at radius 3 is 2.76 bits per heavy atom. The van der Waals surface area contributed by atoms with Gasteiger partial charge in [-0.15, -0.1) is 0 Å². The van der Waals surface area contributed by atoms with Gasteiger partial charge in [-0.25, -0.2) is 0 Å². The van der Waals surface area contributed by atoms with E-state index in [0.29, 0.717) is 6.54 Å². The van der Waals surface area contributed by atoms with Crippen LogP contribution >= 0.6 is 0 Å². The molecule has 0 saturated carbocycles. The Morgan fingerprint density at radius 2 is 2.14 bits per heavy atom. The van der Waals surface area contributed by atoms with E-state index >= 15 is 0 Å². The topological polar surface area (TPSA) is 81.6 Å². The minimum atomic E-state index is -0.580. The van der Waals surface area contributed by atoms with Crippen molar-refractivity contribution in [2.75, 3.05) is 13.2 Å². The summed E-state index contributed by atoms with van der Waals surface area (Å²) in [5.74, 6) is -0.0426. The number of hydrogen-bond acceptors (Lipinski definition) is 4. The largest absolute Gasteiger partial charge is 0.396 e. The fourth-order valence-electron chi connectivity index (χ4n) is 2.94. The van der Waals surface area contributed by atoms with Gasteiger partial charge in [-0.2, -0.15) is 0 Å². The SMILES string of the molecule is CC(=O)N[C@H]1CN[C@@H](CCC(CO)c2ccccc2)[C@@H]1O. The molecule has 4 N–H and O–H groups in total. The van der Waals surface area contributed by atoms with Crippen LogP contribution in [0.15, 0.2) is 30.3 Å². The Kier molecular flexibility index (Phi) is 5.73. The van der Waals surface area contributed by atoms with E-state index in [2.05, 4.69) is 10.6 Å². The monoisotopic (exact) mass is 292 g/mol. The van der Waals surface area contributed by atoms with E-state index in [1.54, 1.807) is 0 Å². The third-order valence-electron chi connectivity index (χ3n) is 4.13. The Hall–Kier alpha value is -1.43. The molecule has 21 heavy (non-hydrogen) atoms. The molecule has 1 unspecified atom stereocenters. The van der Waals surface area contributed by atoms with E-state index in [9.17, 15) is 15.0 Å². The van der Waals surface area contributed by atoms with Crippen molar-refractivity contribution in [1.82, 2.24) is 10.6 Å². The summed E-state index contributed by atoms with van der Waals surface area (Å²) in [6, 6.07) is 9.65. The van der Waals surface area contributed by atoms with E-state index in [4.69, 9.17) is 0 Å². The molecule has 0 radical (unpaired) electrons. The van der Waals surface area contributed by atoms with E-state index in [1.807, 2.05) is 30.3 Å². The number of aliphatic hydroxyl groups is 2. The Bertz CT molecular complexity index is 452. The average molecular weight is 292 g/mol. The summed E-state index contributed by atoms with van der Waals surface area (Å²) in [7, 11) is 0. The van der Waals surface area contributed by atoms with Gasteiger partial charge in [0, 0.05) is 32.0 Å². The van der Waals surface area contributed by atoms with Crippen LogP contribution in [0.1, 0.15) is 31.2 Å². The number of rotatable bonds is 6. The van der Waals surface area contributed by atoms with Crippen molar-refractivity contribution >= 4 is 5.91 Å². The Morgan fingerprint density at radius 1 is 1.43 bits per heavy atom. The van der Waals surface area contributed by atoms with Crippen LogP contribution in [0.5, 0.6) is 0 Å². The first-order chi connectivity index (χ1) is 10.1. The van der Waals surface area contributed by atoms with Gasteiger partial charge in [0.25, 0.3) is 0 Å². The lowest BCUT2D eigenvalue weighted by molar-refractivity contribution is -0.120. The fourth-order valence-corrected chi connectivity index (χ4v) is 2.94. The van der Waals surface area contributed by atoms with Crippen molar-refractivity contribution < 1.29 is 15.0 Å². The molecule has 1 aromatic carbocycles. The lowest BCUT2D eigenvalue weighted by Crippen LogP contribution is -2.43. The highest BCUT2D eigenvalue weighted by Gasteiger charge is 2.34. The summed E-state index contributed by atoms with van der Waals surface area (Å²) < 4.78 is 0. The molecule has 0 spiro atoms. The molecule has 0 aliphatic carbocycles. The molecule has 0 aromatic heterocycles. The summed E-state index contributed by atoms with van der Waals surface area (Å²) in [5.41, 5.74) is 1.12. The third-order valence-corrected chi connectivity index (χ3v) is 4.13. The molecule has 1 amide bonds. The van der Waals surface area contributed by atoms with E-state index in [0.717, 1.165) is 18.4 Å². The predicted octanol–water partition coefficient (Wildman–Crippen LogP) is 0.380. The highest BCUT2D eigenvalue weighted by atomic mass is 16.3. The first kappa shape index (κ1) is 15.9. The average Bonchev–Trinajstić information content (AvgIpc) is 2.81. The Labute approximate surface area is 125 Å². The number of carbonyl (C=O) groups excluding carboxylic acids is 1. The van der Waals surface area contributed by atoms with E-state index < -0.39 is 6.10 Å². The van der Waals surface area contributed by atoms with Crippen molar-refractivity contribution in [3.05, 3.63) is 35.9 Å². The number of carbonyl (C=O) groups is 1. The van der Waals surface area contributed by atoms with Crippen LogP contribution < -0.4 is 10.6 Å². The Balaban J connectivity index is 1.86. The molecule has 116 valence electrons. The molecule has 5 heteroatoms. The molecule has 1 fully saturated rings. The van der Waals surface area contributed by atoms with Gasteiger partial charge in [0.1, 0.15) is 0 Å². The summed E-state index contributed by atoms with van der Waals surface area (Å²) in [6.07, 6.45) is 0.975. The second kappa shape index (κ2) is 7.54. The molecular formula is C16H24N2O3. The second-order valence-corrected chi connectivity index (χ2v) is 5.68. The molecule has 0 bridgehead atoms. The highest BCUT2D eigenvalue weighted by Crippen LogP contribution is 2.23. The van der Waals surface area contributed by atoms with Crippen LogP contribution in [0, 0.1) is 0 Å². The zero-order chi connectivity index (χ0) is 15.2. The van der Waals surface area contributed by atoms with Crippen molar-refractivity contribution in [2.24, 2.45) is 0 Å². The summed E-state index contributed by atoms with van der Waals surface area (Å²) in [6.45, 7) is 2.14. The number of aliphatic hydroxyl groups excluding tert-OH is 2. The molecule has 2 rings (SSSR count). The van der Waals surface area contributed by atoms with Crippen LogP contribution in [0.3, 0.4) is 0 Å². The van der Waals surface area contributed by atoms with E-state index in [1.165, 1.54) is 6.92 Å². The maximum absolute atomic E-state index is 11.1. The quantitative estimate of drug-likeness (QED) is 0.611. The van der Waals surface area contributed by atoms with Crippen molar-refractivity contribution in [2.45, 2.75) is 43.9 Å². The lowest BCUT2D eigenvalue weighted by Gasteiger charge is -2.21. The highest BCUT2D eigenvalue weighted by molar-refractivity contribution is 5.73. The molecule has 5 nitrogen and oxygen atoms in total. The van der Waals surface area contributed by atoms with Crippen LogP contribution in [0.2, 0.25) is 0 Å². The molecule has 4 atom stereocenters. The summed E-state index contributed by atoms with van der Waals surface area (Å²) in [4.78, 5) is 11.1. The standard InChI is InChI=1S/C16H24N2O3/c1-11(20)18-15-9-17-14(16(15)21)8-7-13(10-19)12-5-3-2-4-6-12/h2-6,13-17,19,21H,7-10H2,1H3,(H,18,20)/t13?,14-,15-,16-/m0/s1. The number of nitrogens with one attached hydrogen (secondary N) is 2. The van der Waals surface area contributed by atoms with Crippen molar-refractivity contribution in [3.63, 3.8) is 0 Å². The van der Waals surface area contributed by atoms with Gasteiger partial charge < -0.3 is 20.8 Å². The van der Waals surface area contributed by atoms with Crippen LogP contribution in [-0.4, -0.2) is 47.5 Å². The van der Waals surface area contributed by atoms with Gasteiger partial charge in [0.05, 0.1) is 12.1 Å². The molecular weight excluding hydrogens is 268 g/mol. The number of amides is 1. The number of hydrogen-bond donors (Lipinski definition) is 4. The number of benzene rings is 1. The van der Waals surface area contributed by atoms with E-state index in [-0.39, 0.29) is 30.5 Å². The minimum absolute atomic E-state index is 0.0420. The first-order valence-corrected chi connectivity index (χ1v) is 7.46. The summed E-state index contributed by atoms with van der Waals surface area (Å²) >= 11 is 0. The summed E-state index contributed by atoms with van der Waals surface area (Å²) in [5, 5.41) is 25.8. The van der Waals surface area contributed by atoms with Gasteiger partial charge in [-0.1, -0.05) is 30.3 Å². The fraction of sp³-hybridized carbons (Fsp3) is 0.562. The van der Waals surface area contributed by atoms with Crippen molar-refractivity contribution in [3.8, 4) is 0 Å². The van der Waals surface area contributed by atoms with Gasteiger partial charge in [-0.3, -0.25) is 4.79 Å². The maximum atomic E-state index is 11.1. The smallest absolute Gasteiger partial charge is 0.217 e. The van der Waals surface area contributed by atoms with Crippen molar-refractivity contribution in [1.29, 1.82) is 0 Å². The van der Waals surface area contributed by atoms with Crippen LogP contribution in [-0.2, 0) is 4.79 Å². The molecule has 1 saturated heterocycles. The minimum Gasteiger partial charge on any atom is -0.396 e. The van der Waals surface area contributed by atoms with Gasteiger partial charge in [0.15, 0.2) is 0 Å². The van der Waals surface area contributed by atoms with Crippen LogP contribution in [0.25, 0.3) is 0 Å². The van der Waals surface area contributed by atoms with Gasteiger partial charge in [-0.05, 0) is 18.4 Å². The lowest BCUT2D eigenvalue weighted by atomic mass is 9.92. The predicted molar refractivity (Wildman–Crippen MR) is 80.9 cm³/mol. The zero-order valence-electron chi connectivity index (χ0n) is 12.3. The molecule has 1 aliphatic rings. The van der Waals surface area contributed by atoms with Crippen LogP contribution in [0.4, 0.5) is 0 Å². The maximum Gasteiger partial charge on any atom is 0.217 e. The second-order valence-electron chi connectivity index (χ2n) is 5.68. The van der Waals surface area contributed by atoms with Gasteiger partial charge >= 0.3 is 0 Å². The molecule has 1 aliphatic heterocycles. The molecule has 1 aromatic rings. The van der Waals surface area contributed by atoms with Gasteiger partial charge in [0.2, 0.25) is 5.91 Å². The third kappa shape index (κ3) is 4.27. The zero-order valence-corrected chi connectivity index (χ0v) is 12.3.